The lowest BCUT2D eigenvalue weighted by molar-refractivity contribution is -0.123. The van der Waals surface area contributed by atoms with E-state index in [1.54, 1.807) is 54.6 Å². The molecule has 0 aliphatic rings. The first-order valence-electron chi connectivity index (χ1n) is 8.27. The van der Waals surface area contributed by atoms with E-state index in [1.807, 2.05) is 5.32 Å². The van der Waals surface area contributed by atoms with Crippen molar-refractivity contribution in [1.82, 2.24) is 20.4 Å². The Balaban J connectivity index is 1.97. The van der Waals surface area contributed by atoms with Crippen LogP contribution in [0.5, 0.6) is 0 Å². The molecule has 3 aromatic rings. The summed E-state index contributed by atoms with van der Waals surface area (Å²) >= 11 is 0. The fraction of sp³-hybridized carbons (Fsp3) is 0.105. The molecule has 0 fully saturated rings. The highest BCUT2D eigenvalue weighted by molar-refractivity contribution is 6.03. The molecule has 0 atom stereocenters. The summed E-state index contributed by atoms with van der Waals surface area (Å²) in [6, 6.07) is 14.4. The van der Waals surface area contributed by atoms with E-state index in [9.17, 15) is 19.2 Å². The Morgan fingerprint density at radius 3 is 2.32 bits per heavy atom. The summed E-state index contributed by atoms with van der Waals surface area (Å²) in [5, 5.41) is 8.91. The maximum Gasteiger partial charge on any atom is 0.359 e. The number of nitrogens with zero attached hydrogens (tertiary/aromatic N) is 2. The van der Waals surface area contributed by atoms with Crippen molar-refractivity contribution in [1.29, 1.82) is 0 Å². The second-order valence-corrected chi connectivity index (χ2v) is 5.65. The first-order chi connectivity index (χ1) is 13.5. The van der Waals surface area contributed by atoms with Crippen molar-refractivity contribution in [3.8, 4) is 5.69 Å². The SMILES string of the molecule is CNC(=O)NC(=O)COC(=O)c1nn(-c2ccccc2)c(=O)c2ccccc12. The Morgan fingerprint density at radius 2 is 1.64 bits per heavy atom. The van der Waals surface area contributed by atoms with Crippen molar-refractivity contribution in [3.63, 3.8) is 0 Å². The summed E-state index contributed by atoms with van der Waals surface area (Å²) in [6.07, 6.45) is 0. The average Bonchev–Trinajstić information content (AvgIpc) is 2.73. The van der Waals surface area contributed by atoms with Crippen LogP contribution >= 0.6 is 0 Å². The van der Waals surface area contributed by atoms with E-state index in [-0.39, 0.29) is 11.1 Å². The number of hydrogen-bond acceptors (Lipinski definition) is 6. The minimum atomic E-state index is -0.895. The van der Waals surface area contributed by atoms with Crippen molar-refractivity contribution < 1.29 is 19.1 Å². The first-order valence-corrected chi connectivity index (χ1v) is 8.27. The van der Waals surface area contributed by atoms with E-state index in [0.29, 0.717) is 11.1 Å². The number of amides is 3. The Kier molecular flexibility index (Phi) is 5.45. The van der Waals surface area contributed by atoms with Gasteiger partial charge in [0.25, 0.3) is 11.5 Å². The third kappa shape index (κ3) is 3.88. The topological polar surface area (TPSA) is 119 Å². The molecule has 1 aromatic heterocycles. The van der Waals surface area contributed by atoms with Gasteiger partial charge in [-0.3, -0.25) is 14.9 Å². The van der Waals surface area contributed by atoms with Gasteiger partial charge in [-0.15, -0.1) is 0 Å². The third-order valence-electron chi connectivity index (χ3n) is 3.81. The van der Waals surface area contributed by atoms with Crippen LogP contribution in [0.4, 0.5) is 4.79 Å². The molecular weight excluding hydrogens is 364 g/mol. The summed E-state index contributed by atoms with van der Waals surface area (Å²) in [6.45, 7) is -0.674. The highest BCUT2D eigenvalue weighted by atomic mass is 16.5. The number of rotatable bonds is 4. The Morgan fingerprint density at radius 1 is 1.00 bits per heavy atom. The van der Waals surface area contributed by atoms with Gasteiger partial charge in [-0.1, -0.05) is 36.4 Å². The number of hydrogen-bond donors (Lipinski definition) is 2. The maximum atomic E-state index is 12.8. The number of para-hydroxylation sites is 1. The van der Waals surface area contributed by atoms with Gasteiger partial charge >= 0.3 is 12.0 Å². The molecule has 0 aliphatic heterocycles. The molecule has 3 rings (SSSR count). The van der Waals surface area contributed by atoms with E-state index in [0.717, 1.165) is 4.68 Å². The smallest absolute Gasteiger partial charge is 0.359 e. The molecule has 0 bridgehead atoms. The molecule has 0 radical (unpaired) electrons. The lowest BCUT2D eigenvalue weighted by Crippen LogP contribution is -2.39. The number of ether oxygens (including phenoxy) is 1. The van der Waals surface area contributed by atoms with Gasteiger partial charge in [0.05, 0.1) is 11.1 Å². The predicted octanol–water partition coefficient (Wildman–Crippen LogP) is 0.998. The molecule has 0 spiro atoms. The van der Waals surface area contributed by atoms with E-state index in [1.165, 1.54) is 7.05 Å². The van der Waals surface area contributed by atoms with E-state index in [4.69, 9.17) is 4.74 Å². The quantitative estimate of drug-likeness (QED) is 0.652. The van der Waals surface area contributed by atoms with Crippen molar-refractivity contribution >= 4 is 28.7 Å². The van der Waals surface area contributed by atoms with Crippen LogP contribution in [-0.4, -0.2) is 41.3 Å². The van der Waals surface area contributed by atoms with Gasteiger partial charge in [-0.05, 0) is 18.2 Å². The fourth-order valence-corrected chi connectivity index (χ4v) is 2.51. The van der Waals surface area contributed by atoms with Gasteiger partial charge in [-0.2, -0.15) is 9.78 Å². The summed E-state index contributed by atoms with van der Waals surface area (Å²) in [5.74, 6) is -1.69. The molecular formula is C19H16N4O5. The van der Waals surface area contributed by atoms with Crippen LogP contribution in [0.15, 0.2) is 59.4 Å². The van der Waals surface area contributed by atoms with E-state index >= 15 is 0 Å². The van der Waals surface area contributed by atoms with Crippen LogP contribution in [0.2, 0.25) is 0 Å². The minimum absolute atomic E-state index is 0.119. The van der Waals surface area contributed by atoms with Gasteiger partial charge in [-0.25, -0.2) is 9.59 Å². The zero-order chi connectivity index (χ0) is 20.1. The number of fused-ring (bicyclic) bond motifs is 1. The summed E-state index contributed by atoms with van der Waals surface area (Å²) < 4.78 is 6.07. The average molecular weight is 380 g/mol. The van der Waals surface area contributed by atoms with E-state index < -0.39 is 30.1 Å². The Hall–Kier alpha value is -4.01. The number of nitrogens with one attached hydrogen (secondary N) is 2. The van der Waals surface area contributed by atoms with Crippen LogP contribution in [-0.2, 0) is 9.53 Å². The fourth-order valence-electron chi connectivity index (χ4n) is 2.51. The molecule has 0 unspecified atom stereocenters. The summed E-state index contributed by atoms with van der Waals surface area (Å²) in [7, 11) is 1.34. The van der Waals surface area contributed by atoms with Crippen molar-refractivity contribution in [3.05, 3.63) is 70.6 Å². The zero-order valence-corrected chi connectivity index (χ0v) is 14.8. The summed E-state index contributed by atoms with van der Waals surface area (Å²) in [4.78, 5) is 48.0. The molecule has 0 saturated carbocycles. The Labute approximate surface area is 158 Å². The standard InChI is InChI=1S/C19H16N4O5/c1-20-19(27)21-15(24)11-28-18(26)16-13-9-5-6-10-14(13)17(25)23(22-16)12-7-3-2-4-8-12/h2-10H,11H2,1H3,(H2,20,21,24,27). The molecule has 9 nitrogen and oxygen atoms in total. The number of urea groups is 1. The molecule has 0 aliphatic carbocycles. The number of aromatic nitrogens is 2. The zero-order valence-electron chi connectivity index (χ0n) is 14.8. The van der Waals surface area contributed by atoms with Gasteiger partial charge < -0.3 is 10.1 Å². The maximum absolute atomic E-state index is 12.8. The second-order valence-electron chi connectivity index (χ2n) is 5.65. The first kappa shape index (κ1) is 18.8. The molecule has 0 saturated heterocycles. The number of carbonyl (C=O) groups excluding carboxylic acids is 3. The number of imide groups is 1. The van der Waals surface area contributed by atoms with Gasteiger partial charge in [0, 0.05) is 12.4 Å². The van der Waals surface area contributed by atoms with Gasteiger partial charge in [0.1, 0.15) is 0 Å². The van der Waals surface area contributed by atoms with Crippen LogP contribution in [0, 0.1) is 0 Å². The monoisotopic (exact) mass is 380 g/mol. The lowest BCUT2D eigenvalue weighted by Gasteiger charge is -2.11. The van der Waals surface area contributed by atoms with Gasteiger partial charge in [0.2, 0.25) is 0 Å². The molecule has 28 heavy (non-hydrogen) atoms. The molecule has 2 N–H and O–H groups in total. The van der Waals surface area contributed by atoms with Crippen LogP contribution in [0.3, 0.4) is 0 Å². The highest BCUT2D eigenvalue weighted by Crippen LogP contribution is 2.16. The molecule has 3 amide bonds. The van der Waals surface area contributed by atoms with Crippen LogP contribution in [0.25, 0.3) is 16.5 Å². The predicted molar refractivity (Wildman–Crippen MR) is 100 cm³/mol. The lowest BCUT2D eigenvalue weighted by atomic mass is 10.1. The number of benzene rings is 2. The minimum Gasteiger partial charge on any atom is -0.451 e. The number of esters is 1. The second kappa shape index (κ2) is 8.12. The highest BCUT2D eigenvalue weighted by Gasteiger charge is 2.20. The van der Waals surface area contributed by atoms with Crippen molar-refractivity contribution in [2.75, 3.05) is 13.7 Å². The van der Waals surface area contributed by atoms with Crippen molar-refractivity contribution in [2.45, 2.75) is 0 Å². The largest absolute Gasteiger partial charge is 0.451 e. The number of carbonyl (C=O) groups is 3. The summed E-state index contributed by atoms with van der Waals surface area (Å²) in [5.41, 5.74) is -0.0350. The van der Waals surface area contributed by atoms with Crippen LogP contribution in [0.1, 0.15) is 10.5 Å². The Bertz CT molecular complexity index is 1110. The van der Waals surface area contributed by atoms with Crippen molar-refractivity contribution in [2.24, 2.45) is 0 Å². The molecule has 2 aromatic carbocycles. The van der Waals surface area contributed by atoms with Crippen LogP contribution < -0.4 is 16.2 Å². The van der Waals surface area contributed by atoms with Gasteiger partial charge in [0.15, 0.2) is 12.3 Å². The molecule has 142 valence electrons. The third-order valence-corrected chi connectivity index (χ3v) is 3.81. The normalized spacial score (nSPS) is 10.3. The molecule has 9 heteroatoms. The molecule has 1 heterocycles. The van der Waals surface area contributed by atoms with E-state index in [2.05, 4.69) is 10.4 Å².